The van der Waals surface area contributed by atoms with E-state index in [-0.39, 0.29) is 24.0 Å². The number of nitrogens with zero attached hydrogens (tertiary/aromatic N) is 3. The largest absolute Gasteiger partial charge is 0.356 e. The van der Waals surface area contributed by atoms with Crippen LogP contribution < -0.4 is 5.32 Å². The number of hydrogen-bond donors (Lipinski definition) is 1. The molecule has 4 nitrogen and oxygen atoms in total. The fourth-order valence-electron chi connectivity index (χ4n) is 3.27. The van der Waals surface area contributed by atoms with Gasteiger partial charge < -0.3 is 10.2 Å². The van der Waals surface area contributed by atoms with E-state index in [2.05, 4.69) is 56.7 Å². The van der Waals surface area contributed by atoms with Gasteiger partial charge >= 0.3 is 0 Å². The van der Waals surface area contributed by atoms with Crippen LogP contribution >= 0.6 is 35.3 Å². The normalized spacial score (nSPS) is 23.1. The Bertz CT molecular complexity index is 521. The highest BCUT2D eigenvalue weighted by molar-refractivity contribution is 14.0. The molecule has 1 N–H and O–H groups in total. The van der Waals surface area contributed by atoms with Crippen molar-refractivity contribution in [2.24, 2.45) is 4.99 Å². The number of likely N-dealkylation sites (tertiary alicyclic amines) is 1. The molecular formula is C17H27IN4S. The van der Waals surface area contributed by atoms with Gasteiger partial charge in [-0.25, -0.2) is 0 Å². The first-order chi connectivity index (χ1) is 10.8. The summed E-state index contributed by atoms with van der Waals surface area (Å²) in [6.45, 7) is 7.64. The molecule has 23 heavy (non-hydrogen) atoms. The van der Waals surface area contributed by atoms with E-state index in [0.717, 1.165) is 38.7 Å². The van der Waals surface area contributed by atoms with Crippen LogP contribution in [0.5, 0.6) is 0 Å². The second-order valence-corrected chi connectivity index (χ2v) is 7.14. The van der Waals surface area contributed by atoms with E-state index in [0.29, 0.717) is 12.0 Å². The summed E-state index contributed by atoms with van der Waals surface area (Å²) >= 11 is 1.83. The smallest absolute Gasteiger partial charge is 0.193 e. The fourth-order valence-corrected chi connectivity index (χ4v) is 4.06. The summed E-state index contributed by atoms with van der Waals surface area (Å²) in [5, 5.41) is 5.71. The Labute approximate surface area is 160 Å². The van der Waals surface area contributed by atoms with Crippen LogP contribution in [0.4, 0.5) is 0 Å². The lowest BCUT2D eigenvalue weighted by molar-refractivity contribution is 0.259. The van der Waals surface area contributed by atoms with Gasteiger partial charge in [-0.2, -0.15) is 0 Å². The highest BCUT2D eigenvalue weighted by atomic mass is 127. The van der Waals surface area contributed by atoms with E-state index in [1.807, 2.05) is 18.4 Å². The van der Waals surface area contributed by atoms with Gasteiger partial charge in [0.05, 0.1) is 0 Å². The summed E-state index contributed by atoms with van der Waals surface area (Å²) in [7, 11) is 1.89. The summed E-state index contributed by atoms with van der Waals surface area (Å²) in [5.41, 5.74) is 0. The predicted molar refractivity (Wildman–Crippen MR) is 110 cm³/mol. The molecule has 1 saturated heterocycles. The zero-order valence-corrected chi connectivity index (χ0v) is 17.1. The number of rotatable bonds is 4. The van der Waals surface area contributed by atoms with Crippen molar-refractivity contribution in [3.63, 3.8) is 0 Å². The molecule has 0 spiro atoms. The number of aliphatic imine (C=N–C) groups is 1. The van der Waals surface area contributed by atoms with E-state index in [9.17, 15) is 0 Å². The Kier molecular flexibility index (Phi) is 7.36. The van der Waals surface area contributed by atoms with Crippen molar-refractivity contribution in [1.29, 1.82) is 0 Å². The quantitative estimate of drug-likeness (QED) is 0.334. The average Bonchev–Trinajstić information content (AvgIpc) is 3.27. The Morgan fingerprint density at radius 1 is 1.43 bits per heavy atom. The van der Waals surface area contributed by atoms with Crippen LogP contribution in [0, 0.1) is 0 Å². The average molecular weight is 446 g/mol. The van der Waals surface area contributed by atoms with Gasteiger partial charge in [0, 0.05) is 56.6 Å². The van der Waals surface area contributed by atoms with Crippen LogP contribution in [0.3, 0.4) is 0 Å². The molecule has 1 aromatic heterocycles. The number of guanidine groups is 1. The van der Waals surface area contributed by atoms with Gasteiger partial charge in [0.25, 0.3) is 0 Å². The van der Waals surface area contributed by atoms with Gasteiger partial charge in [-0.05, 0) is 17.9 Å². The van der Waals surface area contributed by atoms with Crippen LogP contribution in [0.1, 0.15) is 24.1 Å². The molecule has 3 heterocycles. The van der Waals surface area contributed by atoms with Crippen molar-refractivity contribution in [2.75, 3.05) is 39.8 Å². The summed E-state index contributed by atoms with van der Waals surface area (Å²) < 4.78 is 0. The molecule has 2 aliphatic heterocycles. The number of halogens is 1. The Morgan fingerprint density at radius 2 is 2.22 bits per heavy atom. The molecule has 1 aromatic rings. The third-order valence-corrected chi connectivity index (χ3v) is 5.74. The van der Waals surface area contributed by atoms with Crippen LogP contribution in [-0.2, 0) is 0 Å². The molecule has 6 heteroatoms. The standard InChI is InChI=1S/C17H26N4S.HI/c1-14(16-6-5-11-22-16)12-19-17(18-2)21-10-7-15(13-21)20-8-3-4-9-20;/h3-6,11,14-15H,7-10,12-13H2,1-2H3,(H,18,19);1H. The van der Waals surface area contributed by atoms with E-state index in [1.165, 1.54) is 11.3 Å². The van der Waals surface area contributed by atoms with Gasteiger partial charge in [-0.15, -0.1) is 35.3 Å². The third-order valence-electron chi connectivity index (χ3n) is 4.63. The first-order valence-electron chi connectivity index (χ1n) is 8.16. The van der Waals surface area contributed by atoms with Gasteiger partial charge in [0.15, 0.2) is 5.96 Å². The molecule has 0 amide bonds. The van der Waals surface area contributed by atoms with E-state index in [1.54, 1.807) is 0 Å². The molecule has 0 bridgehead atoms. The van der Waals surface area contributed by atoms with E-state index in [4.69, 9.17) is 0 Å². The Morgan fingerprint density at radius 3 is 2.87 bits per heavy atom. The lowest BCUT2D eigenvalue weighted by Crippen LogP contribution is -2.43. The van der Waals surface area contributed by atoms with Crippen molar-refractivity contribution in [3.05, 3.63) is 34.5 Å². The van der Waals surface area contributed by atoms with Crippen molar-refractivity contribution in [1.82, 2.24) is 15.1 Å². The first kappa shape index (κ1) is 18.7. The maximum absolute atomic E-state index is 4.49. The highest BCUT2D eigenvalue weighted by Crippen LogP contribution is 2.21. The van der Waals surface area contributed by atoms with Crippen molar-refractivity contribution < 1.29 is 0 Å². The summed E-state index contributed by atoms with van der Waals surface area (Å²) in [6.07, 6.45) is 5.79. The predicted octanol–water partition coefficient (Wildman–Crippen LogP) is 2.99. The zero-order valence-electron chi connectivity index (χ0n) is 13.9. The minimum absolute atomic E-state index is 0. The Hall–Kier alpha value is -0.600. The lowest BCUT2D eigenvalue weighted by atomic mass is 10.1. The fraction of sp³-hybridized carbons (Fsp3) is 0.588. The van der Waals surface area contributed by atoms with Crippen molar-refractivity contribution >= 4 is 41.3 Å². The third kappa shape index (κ3) is 4.70. The SMILES string of the molecule is CN=C(NCC(C)c1cccs1)N1CCC(N2CC=CC2)C1.I. The molecular weight excluding hydrogens is 419 g/mol. The van der Waals surface area contributed by atoms with Crippen LogP contribution in [-0.4, -0.2) is 61.6 Å². The summed E-state index contributed by atoms with van der Waals surface area (Å²) in [6, 6.07) is 5.01. The van der Waals surface area contributed by atoms with E-state index >= 15 is 0 Å². The molecule has 2 unspecified atom stereocenters. The van der Waals surface area contributed by atoms with E-state index < -0.39 is 0 Å². The molecule has 0 aliphatic carbocycles. The summed E-state index contributed by atoms with van der Waals surface area (Å²) in [4.78, 5) is 10.9. The van der Waals surface area contributed by atoms with Gasteiger partial charge in [0.1, 0.15) is 0 Å². The molecule has 1 fully saturated rings. The molecule has 2 aliphatic rings. The lowest BCUT2D eigenvalue weighted by Gasteiger charge is -2.26. The highest BCUT2D eigenvalue weighted by Gasteiger charge is 2.29. The molecule has 0 aromatic carbocycles. The van der Waals surface area contributed by atoms with Crippen LogP contribution in [0.25, 0.3) is 0 Å². The minimum atomic E-state index is 0. The molecule has 128 valence electrons. The Balaban J connectivity index is 0.00000192. The number of nitrogens with one attached hydrogen (secondary N) is 1. The molecule has 2 atom stereocenters. The number of thiophene rings is 1. The zero-order chi connectivity index (χ0) is 15.4. The first-order valence-corrected chi connectivity index (χ1v) is 9.04. The van der Waals surface area contributed by atoms with Crippen molar-refractivity contribution in [2.45, 2.75) is 25.3 Å². The summed E-state index contributed by atoms with van der Waals surface area (Å²) in [5.74, 6) is 1.58. The molecule has 3 rings (SSSR count). The number of hydrogen-bond acceptors (Lipinski definition) is 3. The van der Waals surface area contributed by atoms with Gasteiger partial charge in [-0.3, -0.25) is 9.89 Å². The maximum atomic E-state index is 4.49. The minimum Gasteiger partial charge on any atom is -0.356 e. The molecule has 0 radical (unpaired) electrons. The second kappa shape index (κ2) is 9.03. The topological polar surface area (TPSA) is 30.9 Å². The maximum Gasteiger partial charge on any atom is 0.193 e. The van der Waals surface area contributed by atoms with Crippen LogP contribution in [0.2, 0.25) is 0 Å². The molecule has 0 saturated carbocycles. The monoisotopic (exact) mass is 446 g/mol. The van der Waals surface area contributed by atoms with Gasteiger partial charge in [0.2, 0.25) is 0 Å². The van der Waals surface area contributed by atoms with Crippen molar-refractivity contribution in [3.8, 4) is 0 Å². The second-order valence-electron chi connectivity index (χ2n) is 6.16. The van der Waals surface area contributed by atoms with Crippen LogP contribution in [0.15, 0.2) is 34.7 Å². The van der Waals surface area contributed by atoms with Gasteiger partial charge in [-0.1, -0.05) is 25.1 Å².